The van der Waals surface area contributed by atoms with E-state index >= 15 is 0 Å². The second-order valence-corrected chi connectivity index (χ2v) is 10.7. The Hall–Kier alpha value is -1.69. The third kappa shape index (κ3) is 5.81. The molecule has 2 aromatic rings. The minimum atomic E-state index is -3.12. The first kappa shape index (κ1) is 24.9. The van der Waals surface area contributed by atoms with Crippen molar-refractivity contribution in [2.45, 2.75) is 56.6 Å². The molecule has 2 aromatic carbocycles. The number of carbonyl (C=O) groups excluding carboxylic acids is 1. The van der Waals surface area contributed by atoms with E-state index in [9.17, 15) is 13.6 Å². The van der Waals surface area contributed by atoms with E-state index in [1.807, 2.05) is 6.92 Å². The first-order chi connectivity index (χ1) is 15.0. The van der Waals surface area contributed by atoms with E-state index in [1.165, 1.54) is 30.8 Å². The molecular weight excluding hydrogens is 471 g/mol. The number of ketones is 1. The van der Waals surface area contributed by atoms with Crippen LogP contribution in [-0.2, 0) is 17.1 Å². The van der Waals surface area contributed by atoms with Crippen molar-refractivity contribution in [3.8, 4) is 0 Å². The summed E-state index contributed by atoms with van der Waals surface area (Å²) in [6.45, 7) is 6.60. The normalized spacial score (nSPS) is 21.3. The number of rotatable bonds is 5. The molecule has 1 heterocycles. The molecule has 1 saturated heterocycles. The van der Waals surface area contributed by atoms with E-state index in [-0.39, 0.29) is 16.9 Å². The van der Waals surface area contributed by atoms with Gasteiger partial charge in [-0.25, -0.2) is 4.99 Å². The number of halogens is 4. The monoisotopic (exact) mass is 495 g/mol. The highest BCUT2D eigenvalue weighted by molar-refractivity contribution is 8.15. The van der Waals surface area contributed by atoms with Crippen molar-refractivity contribution in [3.63, 3.8) is 0 Å². The van der Waals surface area contributed by atoms with Crippen LogP contribution in [0.15, 0.2) is 59.6 Å². The number of nitrogens with zero attached hydrogens (tertiary/aromatic N) is 1. The highest BCUT2D eigenvalue weighted by Crippen LogP contribution is 2.40. The van der Waals surface area contributed by atoms with Gasteiger partial charge in [0.2, 0.25) is 0 Å². The zero-order valence-corrected chi connectivity index (χ0v) is 20.4. The Kier molecular flexibility index (Phi) is 7.85. The zero-order chi connectivity index (χ0) is 23.5. The smallest absolute Gasteiger partial charge is 0.294 e. The number of carbonyl (C=O) groups is 1. The van der Waals surface area contributed by atoms with E-state index in [1.54, 1.807) is 30.3 Å². The molecule has 2 nitrogen and oxygen atoms in total. The fourth-order valence-corrected chi connectivity index (χ4v) is 5.28. The van der Waals surface area contributed by atoms with Crippen molar-refractivity contribution in [1.82, 2.24) is 0 Å². The molecule has 170 valence electrons. The summed E-state index contributed by atoms with van der Waals surface area (Å²) in [5.41, 5.74) is 1.02. The number of hydrogen-bond donors (Lipinski definition) is 0. The van der Waals surface area contributed by atoms with Gasteiger partial charge in [-0.05, 0) is 74.9 Å². The van der Waals surface area contributed by atoms with Gasteiger partial charge in [-0.2, -0.15) is 8.78 Å². The highest BCUT2D eigenvalue weighted by Gasteiger charge is 2.37. The summed E-state index contributed by atoms with van der Waals surface area (Å²) in [5.74, 6) is -3.02. The van der Waals surface area contributed by atoms with Crippen LogP contribution in [-0.4, -0.2) is 15.6 Å². The molecule has 0 aliphatic carbocycles. The maximum Gasteiger partial charge on any atom is 0.294 e. The summed E-state index contributed by atoms with van der Waals surface area (Å²) in [6.07, 6.45) is 3.15. The average Bonchev–Trinajstić information content (AvgIpc) is 2.72. The van der Waals surface area contributed by atoms with Gasteiger partial charge in [0.1, 0.15) is 5.78 Å². The van der Waals surface area contributed by atoms with E-state index in [2.05, 4.69) is 6.58 Å². The van der Waals surface area contributed by atoms with Gasteiger partial charge in [0.25, 0.3) is 5.92 Å². The van der Waals surface area contributed by atoms with Crippen LogP contribution in [0, 0.1) is 0 Å². The summed E-state index contributed by atoms with van der Waals surface area (Å²) in [5, 5.41) is 1.69. The summed E-state index contributed by atoms with van der Waals surface area (Å²) >= 11 is 13.5. The minimum absolute atomic E-state index is 0.0982. The molecule has 0 aromatic heterocycles. The lowest BCUT2D eigenvalue weighted by Gasteiger charge is -2.30. The van der Waals surface area contributed by atoms with Crippen LogP contribution in [0.3, 0.4) is 0 Å². The fraction of sp³-hybridized carbons (Fsp3) is 0.360. The largest absolute Gasteiger partial charge is 0.298 e. The van der Waals surface area contributed by atoms with Crippen LogP contribution in [0.25, 0.3) is 0 Å². The van der Waals surface area contributed by atoms with E-state index in [0.29, 0.717) is 34.1 Å². The molecule has 0 radical (unpaired) electrons. The third-order valence-corrected chi connectivity index (χ3v) is 7.59. The van der Waals surface area contributed by atoms with Crippen molar-refractivity contribution < 1.29 is 13.6 Å². The van der Waals surface area contributed by atoms with Gasteiger partial charge in [-0.3, -0.25) is 4.79 Å². The molecule has 0 amide bonds. The topological polar surface area (TPSA) is 29.4 Å². The predicted octanol–water partition coefficient (Wildman–Crippen LogP) is 8.57. The molecule has 1 aliphatic rings. The first-order valence-corrected chi connectivity index (χ1v) is 12.0. The molecule has 1 unspecified atom stereocenters. The van der Waals surface area contributed by atoms with Crippen molar-refractivity contribution >= 4 is 51.5 Å². The Morgan fingerprint density at radius 1 is 1.16 bits per heavy atom. The maximum absolute atomic E-state index is 14.5. The molecule has 1 atom stereocenters. The van der Waals surface area contributed by atoms with Crippen molar-refractivity contribution in [3.05, 3.63) is 75.8 Å². The number of benzene rings is 2. The molecule has 32 heavy (non-hydrogen) atoms. The van der Waals surface area contributed by atoms with E-state index in [0.717, 1.165) is 24.3 Å². The highest BCUT2D eigenvalue weighted by atomic mass is 35.5. The van der Waals surface area contributed by atoms with Crippen molar-refractivity contribution in [1.29, 1.82) is 0 Å². The first-order valence-electron chi connectivity index (χ1n) is 10.4. The van der Waals surface area contributed by atoms with E-state index < -0.39 is 10.7 Å². The summed E-state index contributed by atoms with van der Waals surface area (Å²) in [6, 6.07) is 11.4. The molecule has 0 saturated carbocycles. The lowest BCUT2D eigenvalue weighted by Crippen LogP contribution is -2.36. The van der Waals surface area contributed by atoms with Crippen LogP contribution in [0.4, 0.5) is 14.5 Å². The van der Waals surface area contributed by atoms with Crippen molar-refractivity contribution in [2.75, 3.05) is 0 Å². The molecule has 7 heteroatoms. The molecule has 0 spiro atoms. The number of hydrogen-bond acceptors (Lipinski definition) is 3. The number of aliphatic imine (C=N–C) groups is 1. The standard InChI is InChI=1S/C25H25Cl2F2NOS/c1-16(2)25(28,29)18-8-6-7-17(13-18)15-24(3)22(31)9-4-5-10-23(32-24)30-19-11-12-20(26)21(27)14-19/h6-8,11-14H,1,4-5,9-10,15H2,2-3H3. The average molecular weight is 496 g/mol. The Bertz CT molecular complexity index is 1070. The molecule has 1 aliphatic heterocycles. The van der Waals surface area contributed by atoms with Gasteiger partial charge in [-0.15, -0.1) is 0 Å². The second-order valence-electron chi connectivity index (χ2n) is 8.30. The Balaban J connectivity index is 1.92. The van der Waals surface area contributed by atoms with Gasteiger partial charge in [0.05, 0.1) is 25.5 Å². The number of thioether (sulfide) groups is 1. The van der Waals surface area contributed by atoms with Gasteiger partial charge >= 0.3 is 0 Å². The summed E-state index contributed by atoms with van der Waals surface area (Å²) < 4.78 is 28.2. The zero-order valence-electron chi connectivity index (χ0n) is 18.1. The Morgan fingerprint density at radius 3 is 2.56 bits per heavy atom. The summed E-state index contributed by atoms with van der Waals surface area (Å²) in [7, 11) is 0. The van der Waals surface area contributed by atoms with Crippen LogP contribution in [0.5, 0.6) is 0 Å². The molecule has 3 rings (SSSR count). The Morgan fingerprint density at radius 2 is 1.88 bits per heavy atom. The van der Waals surface area contributed by atoms with Crippen LogP contribution in [0.1, 0.15) is 50.7 Å². The Labute approximate surface area is 202 Å². The lowest BCUT2D eigenvalue weighted by molar-refractivity contribution is -0.121. The number of allylic oxidation sites excluding steroid dienone is 1. The molecule has 0 bridgehead atoms. The van der Waals surface area contributed by atoms with Crippen LogP contribution >= 0.6 is 35.0 Å². The third-order valence-electron chi connectivity index (χ3n) is 5.50. The van der Waals surface area contributed by atoms with Crippen LogP contribution < -0.4 is 0 Å². The van der Waals surface area contributed by atoms with Gasteiger partial charge in [0, 0.05) is 12.0 Å². The second kappa shape index (κ2) is 10.1. The quantitative estimate of drug-likeness (QED) is 0.388. The predicted molar refractivity (Wildman–Crippen MR) is 132 cm³/mol. The minimum Gasteiger partial charge on any atom is -0.298 e. The van der Waals surface area contributed by atoms with Gasteiger partial charge in [-0.1, -0.05) is 59.7 Å². The van der Waals surface area contributed by atoms with Gasteiger partial charge < -0.3 is 0 Å². The number of Topliss-reactive ketones (excluding diaryl/α,β-unsaturated/α-hetero) is 1. The molecule has 1 fully saturated rings. The molecule has 0 N–H and O–H groups in total. The lowest BCUT2D eigenvalue weighted by atomic mass is 9.91. The maximum atomic E-state index is 14.5. The molecular formula is C25H25Cl2F2NOS. The van der Waals surface area contributed by atoms with Crippen molar-refractivity contribution in [2.24, 2.45) is 4.99 Å². The fourth-order valence-electron chi connectivity index (χ4n) is 3.62. The van der Waals surface area contributed by atoms with Gasteiger partial charge in [0.15, 0.2) is 0 Å². The summed E-state index contributed by atoms with van der Waals surface area (Å²) in [4.78, 5) is 17.8. The van der Waals surface area contributed by atoms with E-state index in [4.69, 9.17) is 28.2 Å². The SMILES string of the molecule is C=C(C)C(F)(F)c1cccc(CC2(C)SC(=Nc3ccc(Cl)c(Cl)c3)CCCCC2=O)c1. The van der Waals surface area contributed by atoms with Crippen LogP contribution in [0.2, 0.25) is 10.0 Å². The number of alkyl halides is 2.